The minimum Gasteiger partial charge on any atom is -0.393 e. The van der Waals surface area contributed by atoms with Crippen molar-refractivity contribution in [3.63, 3.8) is 0 Å². The van der Waals surface area contributed by atoms with Gasteiger partial charge < -0.3 is 5.11 Å². The van der Waals surface area contributed by atoms with E-state index in [9.17, 15) is 5.11 Å². The third-order valence-corrected chi connectivity index (χ3v) is 2.28. The van der Waals surface area contributed by atoms with E-state index in [1.807, 2.05) is 0 Å². The molecule has 0 radical (unpaired) electrons. The first-order chi connectivity index (χ1) is 5.34. The van der Waals surface area contributed by atoms with Gasteiger partial charge in [-0.25, -0.2) is 0 Å². The van der Waals surface area contributed by atoms with Crippen LogP contribution in [0.4, 0.5) is 0 Å². The highest BCUT2D eigenvalue weighted by Gasteiger charge is 2.21. The van der Waals surface area contributed by atoms with Crippen molar-refractivity contribution in [3.05, 3.63) is 10.4 Å². The van der Waals surface area contributed by atoms with E-state index >= 15 is 0 Å². The van der Waals surface area contributed by atoms with Crippen molar-refractivity contribution < 1.29 is 5.11 Å². The number of aliphatic hydroxyl groups excluding tert-OH is 1. The molecule has 0 saturated heterocycles. The highest BCUT2D eigenvalue weighted by atomic mass is 16.3. The molecule has 1 unspecified atom stereocenters. The fourth-order valence-electron chi connectivity index (χ4n) is 1.61. The molecule has 1 saturated carbocycles. The van der Waals surface area contributed by atoms with Crippen LogP contribution in [-0.2, 0) is 0 Å². The average molecular weight is 155 g/mol. The molecule has 1 fully saturated rings. The van der Waals surface area contributed by atoms with Gasteiger partial charge in [0.1, 0.15) is 0 Å². The molecule has 0 aromatic heterocycles. The van der Waals surface area contributed by atoms with Crippen LogP contribution in [0.15, 0.2) is 5.11 Å². The molecule has 0 aromatic carbocycles. The molecule has 0 aromatic rings. The summed E-state index contributed by atoms with van der Waals surface area (Å²) >= 11 is 0. The van der Waals surface area contributed by atoms with Crippen LogP contribution in [0, 0.1) is 5.92 Å². The molecular weight excluding hydrogens is 142 g/mol. The molecule has 1 atom stereocenters. The topological polar surface area (TPSA) is 69.0 Å². The number of nitrogens with zero attached hydrogens (tertiary/aromatic N) is 3. The number of rotatable bonds is 3. The van der Waals surface area contributed by atoms with Crippen molar-refractivity contribution in [1.82, 2.24) is 0 Å². The van der Waals surface area contributed by atoms with Gasteiger partial charge in [-0.2, -0.15) is 0 Å². The molecule has 0 bridgehead atoms. The second kappa shape index (κ2) is 4.21. The van der Waals surface area contributed by atoms with Crippen LogP contribution < -0.4 is 0 Å². The summed E-state index contributed by atoms with van der Waals surface area (Å²) in [4.78, 5) is 2.61. The van der Waals surface area contributed by atoms with E-state index in [0.717, 1.165) is 12.8 Å². The summed E-state index contributed by atoms with van der Waals surface area (Å²) in [7, 11) is 0. The summed E-state index contributed by atoms with van der Waals surface area (Å²) in [5, 5.41) is 12.8. The van der Waals surface area contributed by atoms with E-state index in [4.69, 9.17) is 5.53 Å². The number of aliphatic hydroxyl groups is 1. The molecule has 0 heterocycles. The van der Waals surface area contributed by atoms with Gasteiger partial charge in [0, 0.05) is 4.91 Å². The third kappa shape index (κ3) is 2.41. The highest BCUT2D eigenvalue weighted by Crippen LogP contribution is 2.27. The van der Waals surface area contributed by atoms with Crippen LogP contribution in [0.1, 0.15) is 25.7 Å². The summed E-state index contributed by atoms with van der Waals surface area (Å²) in [6.07, 6.45) is 4.17. The lowest BCUT2D eigenvalue weighted by Crippen LogP contribution is -2.20. The minimum atomic E-state index is -0.409. The molecule has 1 rings (SSSR count). The Kier molecular flexibility index (Phi) is 3.20. The molecular formula is C7H13N3O. The molecule has 4 heteroatoms. The molecule has 11 heavy (non-hydrogen) atoms. The first-order valence-corrected chi connectivity index (χ1v) is 4.03. The summed E-state index contributed by atoms with van der Waals surface area (Å²) in [6.45, 7) is 0.237. The molecule has 0 spiro atoms. The van der Waals surface area contributed by atoms with Crippen molar-refractivity contribution in [1.29, 1.82) is 0 Å². The fourth-order valence-corrected chi connectivity index (χ4v) is 1.61. The average Bonchev–Trinajstić information content (AvgIpc) is 2.52. The predicted molar refractivity (Wildman–Crippen MR) is 42.0 cm³/mol. The molecule has 0 aliphatic heterocycles. The van der Waals surface area contributed by atoms with E-state index in [1.54, 1.807) is 0 Å². The normalized spacial score (nSPS) is 21.2. The Hall–Kier alpha value is -0.730. The lowest BCUT2D eigenvalue weighted by Gasteiger charge is -2.14. The Bertz CT molecular complexity index is 159. The smallest absolute Gasteiger partial charge is 0.0624 e. The zero-order valence-corrected chi connectivity index (χ0v) is 6.48. The number of hydrogen-bond donors (Lipinski definition) is 1. The second-order valence-electron chi connectivity index (χ2n) is 3.03. The number of azide groups is 1. The Labute approximate surface area is 65.9 Å². The molecule has 1 aliphatic rings. The molecule has 1 N–H and O–H groups in total. The standard InChI is InChI=1S/C7H13N3O/c8-10-9-5-7(11)6-3-1-2-4-6/h6-7,11H,1-5H2. The van der Waals surface area contributed by atoms with E-state index in [1.165, 1.54) is 12.8 Å². The highest BCUT2D eigenvalue weighted by molar-refractivity contribution is 4.75. The van der Waals surface area contributed by atoms with Crippen LogP contribution in [-0.4, -0.2) is 17.8 Å². The summed E-state index contributed by atoms with van der Waals surface area (Å²) in [6, 6.07) is 0. The van der Waals surface area contributed by atoms with Crippen LogP contribution in [0.3, 0.4) is 0 Å². The van der Waals surface area contributed by atoms with Gasteiger partial charge in [-0.05, 0) is 24.3 Å². The van der Waals surface area contributed by atoms with Gasteiger partial charge in [0.25, 0.3) is 0 Å². The van der Waals surface area contributed by atoms with Gasteiger partial charge in [-0.15, -0.1) is 0 Å². The Balaban J connectivity index is 2.27. The van der Waals surface area contributed by atoms with E-state index in [2.05, 4.69) is 10.0 Å². The minimum absolute atomic E-state index is 0.237. The fraction of sp³-hybridized carbons (Fsp3) is 1.00. The maximum atomic E-state index is 9.42. The Morgan fingerprint density at radius 1 is 1.55 bits per heavy atom. The molecule has 62 valence electrons. The van der Waals surface area contributed by atoms with Gasteiger partial charge in [-0.1, -0.05) is 18.0 Å². The maximum absolute atomic E-state index is 9.42. The summed E-state index contributed by atoms with van der Waals surface area (Å²) < 4.78 is 0. The van der Waals surface area contributed by atoms with E-state index < -0.39 is 6.10 Å². The van der Waals surface area contributed by atoms with E-state index in [0.29, 0.717) is 5.92 Å². The van der Waals surface area contributed by atoms with Crippen molar-refractivity contribution >= 4 is 0 Å². The van der Waals surface area contributed by atoms with Crippen LogP contribution in [0.2, 0.25) is 0 Å². The van der Waals surface area contributed by atoms with Gasteiger partial charge in [0.2, 0.25) is 0 Å². The zero-order chi connectivity index (χ0) is 8.10. The summed E-state index contributed by atoms with van der Waals surface area (Å²) in [5.74, 6) is 0.375. The van der Waals surface area contributed by atoms with Crippen molar-refractivity contribution in [2.24, 2.45) is 11.0 Å². The molecule has 0 amide bonds. The largest absolute Gasteiger partial charge is 0.393 e. The lowest BCUT2D eigenvalue weighted by atomic mass is 10.0. The van der Waals surface area contributed by atoms with Gasteiger partial charge in [-0.3, -0.25) is 0 Å². The van der Waals surface area contributed by atoms with Gasteiger partial charge >= 0.3 is 0 Å². The zero-order valence-electron chi connectivity index (χ0n) is 6.48. The number of hydrogen-bond acceptors (Lipinski definition) is 2. The van der Waals surface area contributed by atoms with Crippen LogP contribution in [0.25, 0.3) is 10.4 Å². The van der Waals surface area contributed by atoms with Crippen LogP contribution in [0.5, 0.6) is 0 Å². The summed E-state index contributed by atoms with van der Waals surface area (Å²) in [5.41, 5.74) is 8.01. The predicted octanol–water partition coefficient (Wildman–Crippen LogP) is 1.85. The van der Waals surface area contributed by atoms with Crippen molar-refractivity contribution in [2.45, 2.75) is 31.8 Å². The molecule has 4 nitrogen and oxygen atoms in total. The lowest BCUT2D eigenvalue weighted by molar-refractivity contribution is 0.119. The van der Waals surface area contributed by atoms with E-state index in [-0.39, 0.29) is 6.54 Å². The molecule has 1 aliphatic carbocycles. The van der Waals surface area contributed by atoms with Gasteiger partial charge in [0.15, 0.2) is 0 Å². The monoisotopic (exact) mass is 155 g/mol. The third-order valence-electron chi connectivity index (χ3n) is 2.28. The quantitative estimate of drug-likeness (QED) is 0.377. The second-order valence-corrected chi connectivity index (χ2v) is 3.03. The maximum Gasteiger partial charge on any atom is 0.0624 e. The first kappa shape index (κ1) is 8.37. The van der Waals surface area contributed by atoms with Crippen molar-refractivity contribution in [3.8, 4) is 0 Å². The van der Waals surface area contributed by atoms with Crippen molar-refractivity contribution in [2.75, 3.05) is 6.54 Å². The Morgan fingerprint density at radius 3 is 2.73 bits per heavy atom. The first-order valence-electron chi connectivity index (χ1n) is 4.03. The SMILES string of the molecule is [N-]=[N+]=NCC(O)C1CCCC1. The Morgan fingerprint density at radius 2 is 2.18 bits per heavy atom. The van der Waals surface area contributed by atoms with Crippen LogP contribution >= 0.6 is 0 Å². The van der Waals surface area contributed by atoms with Gasteiger partial charge in [0.05, 0.1) is 12.6 Å².